The molecule has 0 bridgehead atoms. The molecular formula is C9H12O3. The van der Waals surface area contributed by atoms with Crippen molar-refractivity contribution in [2.75, 3.05) is 7.11 Å². The average Bonchev–Trinajstić information content (AvgIpc) is 2.58. The van der Waals surface area contributed by atoms with E-state index in [1.54, 1.807) is 6.07 Å². The molecule has 0 saturated carbocycles. The maximum atomic E-state index is 11.5. The van der Waals surface area contributed by atoms with E-state index in [-0.39, 0.29) is 11.9 Å². The van der Waals surface area contributed by atoms with Crippen LogP contribution in [0.25, 0.3) is 0 Å². The number of ether oxygens (including phenoxy) is 1. The molecule has 0 radical (unpaired) electrons. The minimum absolute atomic E-state index is 0.0197. The average molecular weight is 168 g/mol. The fourth-order valence-corrected chi connectivity index (χ4v) is 1.05. The topological polar surface area (TPSA) is 39.4 Å². The Bertz CT molecular complexity index is 234. The number of ketones is 1. The van der Waals surface area contributed by atoms with Crippen molar-refractivity contribution in [3.05, 3.63) is 24.2 Å². The molecule has 3 nitrogen and oxygen atoms in total. The van der Waals surface area contributed by atoms with Crippen LogP contribution in [-0.4, -0.2) is 19.0 Å². The van der Waals surface area contributed by atoms with Gasteiger partial charge in [-0.1, -0.05) is 6.92 Å². The molecule has 12 heavy (non-hydrogen) atoms. The van der Waals surface area contributed by atoms with E-state index in [4.69, 9.17) is 9.15 Å². The fourth-order valence-electron chi connectivity index (χ4n) is 1.05. The van der Waals surface area contributed by atoms with Gasteiger partial charge in [-0.25, -0.2) is 0 Å². The maximum Gasteiger partial charge on any atom is 0.194 e. The Hall–Kier alpha value is -1.09. The Kier molecular flexibility index (Phi) is 3.05. The van der Waals surface area contributed by atoms with Gasteiger partial charge in [-0.2, -0.15) is 0 Å². The smallest absolute Gasteiger partial charge is 0.194 e. The molecule has 0 saturated heterocycles. The number of methoxy groups -OCH3 is 1. The Labute approximate surface area is 71.3 Å². The Balaban J connectivity index is 2.70. The second kappa shape index (κ2) is 4.07. The van der Waals surface area contributed by atoms with E-state index in [2.05, 4.69) is 0 Å². The van der Waals surface area contributed by atoms with Gasteiger partial charge in [0.1, 0.15) is 12.4 Å². The molecule has 1 aromatic rings. The van der Waals surface area contributed by atoms with Gasteiger partial charge in [0.15, 0.2) is 5.78 Å². The Morgan fingerprint density at radius 2 is 2.50 bits per heavy atom. The number of Topliss-reactive ketones (excluding diaryl/α,β-unsaturated/α-hetero) is 1. The lowest BCUT2D eigenvalue weighted by atomic mass is 10.1. The van der Waals surface area contributed by atoms with E-state index >= 15 is 0 Å². The van der Waals surface area contributed by atoms with Crippen LogP contribution in [0.1, 0.15) is 23.7 Å². The molecule has 1 heterocycles. The van der Waals surface area contributed by atoms with Crippen molar-refractivity contribution >= 4 is 5.78 Å². The Morgan fingerprint density at radius 3 is 2.92 bits per heavy atom. The van der Waals surface area contributed by atoms with Crippen LogP contribution in [-0.2, 0) is 4.74 Å². The van der Waals surface area contributed by atoms with Crippen LogP contribution in [0.15, 0.2) is 23.0 Å². The Morgan fingerprint density at radius 1 is 1.75 bits per heavy atom. The first-order chi connectivity index (χ1) is 5.79. The summed E-state index contributed by atoms with van der Waals surface area (Å²) in [4.78, 5) is 11.5. The normalized spacial score (nSPS) is 12.8. The lowest BCUT2D eigenvalue weighted by molar-refractivity contribution is 0.0595. The van der Waals surface area contributed by atoms with Crippen LogP contribution in [0.2, 0.25) is 0 Å². The van der Waals surface area contributed by atoms with Crippen molar-refractivity contribution in [1.82, 2.24) is 0 Å². The molecule has 1 atom stereocenters. The van der Waals surface area contributed by atoms with E-state index in [1.807, 2.05) is 6.92 Å². The van der Waals surface area contributed by atoms with Gasteiger partial charge in [-0.3, -0.25) is 4.79 Å². The largest absolute Gasteiger partial charge is 0.472 e. The minimum atomic E-state index is -0.345. The molecule has 1 rings (SSSR count). The zero-order valence-corrected chi connectivity index (χ0v) is 7.24. The summed E-state index contributed by atoms with van der Waals surface area (Å²) < 4.78 is 9.79. The second-order valence-electron chi connectivity index (χ2n) is 2.51. The van der Waals surface area contributed by atoms with Gasteiger partial charge >= 0.3 is 0 Å². The highest BCUT2D eigenvalue weighted by molar-refractivity contribution is 5.99. The zero-order chi connectivity index (χ0) is 8.97. The van der Waals surface area contributed by atoms with Gasteiger partial charge in [0.25, 0.3) is 0 Å². The first kappa shape index (κ1) is 9.00. The first-order valence-electron chi connectivity index (χ1n) is 3.88. The van der Waals surface area contributed by atoms with Crippen molar-refractivity contribution < 1.29 is 13.9 Å². The number of furan rings is 1. The van der Waals surface area contributed by atoms with Gasteiger partial charge in [-0.15, -0.1) is 0 Å². The quantitative estimate of drug-likeness (QED) is 0.644. The third-order valence-electron chi connectivity index (χ3n) is 1.75. The standard InChI is InChI=1S/C9H12O3/c1-3-8(11-2)9(10)7-4-5-12-6-7/h4-6,8H,3H2,1-2H3. The third-order valence-corrected chi connectivity index (χ3v) is 1.75. The van der Waals surface area contributed by atoms with E-state index in [0.29, 0.717) is 12.0 Å². The molecule has 1 unspecified atom stereocenters. The molecular weight excluding hydrogens is 156 g/mol. The van der Waals surface area contributed by atoms with Gasteiger partial charge < -0.3 is 9.15 Å². The van der Waals surface area contributed by atoms with E-state index in [1.165, 1.54) is 19.6 Å². The molecule has 0 spiro atoms. The molecule has 0 aliphatic carbocycles. The predicted molar refractivity (Wildman–Crippen MR) is 44.1 cm³/mol. The fraction of sp³-hybridized carbons (Fsp3) is 0.444. The van der Waals surface area contributed by atoms with Crippen LogP contribution >= 0.6 is 0 Å². The third kappa shape index (κ3) is 1.74. The van der Waals surface area contributed by atoms with Gasteiger partial charge in [0.2, 0.25) is 0 Å². The lowest BCUT2D eigenvalue weighted by Gasteiger charge is -2.09. The summed E-state index contributed by atoms with van der Waals surface area (Å²) in [6, 6.07) is 1.64. The number of hydrogen-bond acceptors (Lipinski definition) is 3. The molecule has 0 aliphatic rings. The lowest BCUT2D eigenvalue weighted by Crippen LogP contribution is -2.21. The van der Waals surface area contributed by atoms with E-state index in [0.717, 1.165) is 0 Å². The molecule has 0 aliphatic heterocycles. The van der Waals surface area contributed by atoms with Gasteiger partial charge in [-0.05, 0) is 12.5 Å². The number of hydrogen-bond donors (Lipinski definition) is 0. The van der Waals surface area contributed by atoms with Crippen molar-refractivity contribution in [2.45, 2.75) is 19.4 Å². The van der Waals surface area contributed by atoms with Crippen molar-refractivity contribution in [1.29, 1.82) is 0 Å². The van der Waals surface area contributed by atoms with Crippen molar-refractivity contribution in [2.24, 2.45) is 0 Å². The summed E-state index contributed by atoms with van der Waals surface area (Å²) in [5.74, 6) is -0.0197. The summed E-state index contributed by atoms with van der Waals surface area (Å²) in [5, 5.41) is 0. The highest BCUT2D eigenvalue weighted by Gasteiger charge is 2.17. The van der Waals surface area contributed by atoms with Crippen molar-refractivity contribution in [3.63, 3.8) is 0 Å². The molecule has 0 N–H and O–H groups in total. The number of carbonyl (C=O) groups excluding carboxylic acids is 1. The minimum Gasteiger partial charge on any atom is -0.472 e. The highest BCUT2D eigenvalue weighted by atomic mass is 16.5. The summed E-state index contributed by atoms with van der Waals surface area (Å²) in [5.41, 5.74) is 0.573. The summed E-state index contributed by atoms with van der Waals surface area (Å²) >= 11 is 0. The highest BCUT2D eigenvalue weighted by Crippen LogP contribution is 2.08. The van der Waals surface area contributed by atoms with Crippen molar-refractivity contribution in [3.8, 4) is 0 Å². The summed E-state index contributed by atoms with van der Waals surface area (Å²) in [6.07, 6.45) is 3.25. The SMILES string of the molecule is CCC(OC)C(=O)c1ccoc1. The van der Waals surface area contributed by atoms with Crippen LogP contribution in [0.5, 0.6) is 0 Å². The van der Waals surface area contributed by atoms with Crippen LogP contribution < -0.4 is 0 Å². The molecule has 0 aromatic carbocycles. The molecule has 0 amide bonds. The van der Waals surface area contributed by atoms with Crippen LogP contribution in [0.4, 0.5) is 0 Å². The maximum absolute atomic E-state index is 11.5. The van der Waals surface area contributed by atoms with Gasteiger partial charge in [0.05, 0.1) is 11.8 Å². The van der Waals surface area contributed by atoms with Crippen LogP contribution in [0.3, 0.4) is 0 Å². The predicted octanol–water partition coefficient (Wildman–Crippen LogP) is 1.89. The first-order valence-corrected chi connectivity index (χ1v) is 3.88. The van der Waals surface area contributed by atoms with E-state index in [9.17, 15) is 4.79 Å². The molecule has 3 heteroatoms. The number of carbonyl (C=O) groups is 1. The summed E-state index contributed by atoms with van der Waals surface area (Å²) in [7, 11) is 1.53. The van der Waals surface area contributed by atoms with Crippen LogP contribution in [0, 0.1) is 0 Å². The number of rotatable bonds is 4. The summed E-state index contributed by atoms with van der Waals surface area (Å²) in [6.45, 7) is 1.91. The molecule has 66 valence electrons. The van der Waals surface area contributed by atoms with E-state index < -0.39 is 0 Å². The zero-order valence-electron chi connectivity index (χ0n) is 7.24. The second-order valence-corrected chi connectivity index (χ2v) is 2.51. The molecule has 0 fully saturated rings. The monoisotopic (exact) mass is 168 g/mol. The molecule has 1 aromatic heterocycles. The van der Waals surface area contributed by atoms with Gasteiger partial charge in [0, 0.05) is 7.11 Å².